The Kier molecular flexibility index (Phi) is 3.44. The van der Waals surface area contributed by atoms with Crippen LogP contribution in [0.1, 0.15) is 44.2 Å². The summed E-state index contributed by atoms with van der Waals surface area (Å²) in [6, 6.07) is 12.8. The van der Waals surface area contributed by atoms with Crippen LogP contribution in [0.2, 0.25) is 10.0 Å². The minimum absolute atomic E-state index is 0.0323. The number of allylic oxidation sites excluding steroid dienone is 2. The van der Waals surface area contributed by atoms with Gasteiger partial charge in [0.25, 0.3) is 0 Å². The fourth-order valence-corrected chi connectivity index (χ4v) is 6.36. The second-order valence-electron chi connectivity index (χ2n) is 8.32. The molecule has 0 heterocycles. The van der Waals surface area contributed by atoms with Crippen LogP contribution in [0.25, 0.3) is 11.1 Å². The molecule has 1 saturated carbocycles. The van der Waals surface area contributed by atoms with E-state index in [1.165, 1.54) is 41.5 Å². The van der Waals surface area contributed by atoms with E-state index in [9.17, 15) is 0 Å². The van der Waals surface area contributed by atoms with E-state index in [2.05, 4.69) is 44.2 Å². The molecule has 0 aliphatic heterocycles. The van der Waals surface area contributed by atoms with Crippen molar-refractivity contribution in [3.63, 3.8) is 0 Å². The lowest BCUT2D eigenvalue weighted by atomic mass is 9.55. The maximum absolute atomic E-state index is 6.69. The van der Waals surface area contributed by atoms with Crippen LogP contribution in [-0.2, 0) is 5.41 Å². The van der Waals surface area contributed by atoms with Gasteiger partial charge in [0.2, 0.25) is 0 Å². The Labute approximate surface area is 159 Å². The number of rotatable bonds is 0. The number of benzene rings is 2. The topological polar surface area (TPSA) is 0 Å². The van der Waals surface area contributed by atoms with Crippen LogP contribution in [0.3, 0.4) is 0 Å². The predicted molar refractivity (Wildman–Crippen MR) is 106 cm³/mol. The van der Waals surface area contributed by atoms with Crippen LogP contribution < -0.4 is 0 Å². The molecule has 25 heavy (non-hydrogen) atoms. The molecule has 0 amide bonds. The lowest BCUT2D eigenvalue weighted by Crippen LogP contribution is -2.42. The first-order chi connectivity index (χ1) is 12.0. The Morgan fingerprint density at radius 3 is 2.68 bits per heavy atom. The third-order valence-electron chi connectivity index (χ3n) is 6.84. The standard InChI is InChI=1S/C23H22Cl2/c1-13-8-15-10-16(9-13)23(12-14(15)2)19-7-6-17(24)11-18(19)22-20(23)4-3-5-21(22)25/h3-7,11-13,15-16H,8-10H2,1-2H3. The molecule has 0 nitrogen and oxygen atoms in total. The van der Waals surface area contributed by atoms with Crippen LogP contribution in [-0.4, -0.2) is 0 Å². The number of hydrogen-bond donors (Lipinski definition) is 0. The molecule has 2 bridgehead atoms. The van der Waals surface area contributed by atoms with Gasteiger partial charge in [0.05, 0.1) is 0 Å². The number of hydrogen-bond acceptors (Lipinski definition) is 0. The summed E-state index contributed by atoms with van der Waals surface area (Å²) in [6.07, 6.45) is 6.49. The maximum Gasteiger partial charge on any atom is 0.0487 e. The summed E-state index contributed by atoms with van der Waals surface area (Å²) >= 11 is 13.1. The van der Waals surface area contributed by atoms with E-state index in [1.807, 2.05) is 12.1 Å². The fourth-order valence-electron chi connectivity index (χ4n) is 5.91. The summed E-state index contributed by atoms with van der Waals surface area (Å²) < 4.78 is 0. The Balaban J connectivity index is 1.87. The first-order valence-corrected chi connectivity index (χ1v) is 10.0. The SMILES string of the molecule is CC1=CC2(c3ccc(Cl)cc3-c3c(Cl)cccc32)C2CC(C)CC1C2. The molecular formula is C23H22Cl2. The third-order valence-corrected chi connectivity index (χ3v) is 7.39. The molecule has 5 rings (SSSR count). The van der Waals surface area contributed by atoms with Gasteiger partial charge in [-0.1, -0.05) is 60.0 Å². The largest absolute Gasteiger partial charge is 0.0843 e. The van der Waals surface area contributed by atoms with Crippen molar-refractivity contribution in [1.82, 2.24) is 0 Å². The Morgan fingerprint density at radius 2 is 1.84 bits per heavy atom. The normalized spacial score (nSPS) is 32.3. The summed E-state index contributed by atoms with van der Waals surface area (Å²) in [4.78, 5) is 0. The van der Waals surface area contributed by atoms with Crippen molar-refractivity contribution < 1.29 is 0 Å². The molecule has 2 aromatic carbocycles. The van der Waals surface area contributed by atoms with Crippen molar-refractivity contribution in [2.75, 3.05) is 0 Å². The average Bonchev–Trinajstić information content (AvgIpc) is 2.84. The molecule has 1 spiro atoms. The number of halogens is 2. The van der Waals surface area contributed by atoms with Gasteiger partial charge >= 0.3 is 0 Å². The fraction of sp³-hybridized carbons (Fsp3) is 0.391. The molecule has 4 unspecified atom stereocenters. The Hall–Kier alpha value is -1.24. The van der Waals surface area contributed by atoms with Crippen molar-refractivity contribution in [3.05, 3.63) is 69.2 Å². The van der Waals surface area contributed by atoms with Gasteiger partial charge in [-0.15, -0.1) is 0 Å². The first kappa shape index (κ1) is 16.0. The van der Waals surface area contributed by atoms with E-state index in [1.54, 1.807) is 5.57 Å². The summed E-state index contributed by atoms with van der Waals surface area (Å²) in [6.45, 7) is 4.75. The summed E-state index contributed by atoms with van der Waals surface area (Å²) in [7, 11) is 0. The lowest BCUT2D eigenvalue weighted by Gasteiger charge is -2.49. The highest BCUT2D eigenvalue weighted by Gasteiger charge is 2.52. The van der Waals surface area contributed by atoms with Crippen molar-refractivity contribution in [2.24, 2.45) is 17.8 Å². The van der Waals surface area contributed by atoms with Crippen LogP contribution >= 0.6 is 23.2 Å². The van der Waals surface area contributed by atoms with Crippen molar-refractivity contribution in [1.29, 1.82) is 0 Å². The summed E-state index contributed by atoms with van der Waals surface area (Å²) in [5, 5.41) is 1.63. The van der Waals surface area contributed by atoms with Gasteiger partial charge in [-0.25, -0.2) is 0 Å². The Morgan fingerprint density at radius 1 is 1.00 bits per heavy atom. The molecule has 2 heteroatoms. The zero-order valence-corrected chi connectivity index (χ0v) is 16.2. The molecule has 0 N–H and O–H groups in total. The van der Waals surface area contributed by atoms with E-state index in [0.717, 1.165) is 21.9 Å². The van der Waals surface area contributed by atoms with Crippen molar-refractivity contribution >= 4 is 23.2 Å². The molecule has 128 valence electrons. The van der Waals surface area contributed by atoms with E-state index in [4.69, 9.17) is 23.2 Å². The lowest BCUT2D eigenvalue weighted by molar-refractivity contribution is 0.168. The second-order valence-corrected chi connectivity index (χ2v) is 9.16. The zero-order valence-electron chi connectivity index (χ0n) is 14.7. The van der Waals surface area contributed by atoms with Gasteiger partial charge in [-0.3, -0.25) is 0 Å². The van der Waals surface area contributed by atoms with E-state index >= 15 is 0 Å². The van der Waals surface area contributed by atoms with E-state index in [-0.39, 0.29) is 5.41 Å². The molecule has 3 aliphatic rings. The van der Waals surface area contributed by atoms with Gasteiger partial charge in [0.15, 0.2) is 0 Å². The quantitative estimate of drug-likeness (QED) is 0.428. The first-order valence-electron chi connectivity index (χ1n) is 9.29. The summed E-state index contributed by atoms with van der Waals surface area (Å²) in [5.41, 5.74) is 6.73. The van der Waals surface area contributed by atoms with Gasteiger partial charge in [-0.2, -0.15) is 0 Å². The van der Waals surface area contributed by atoms with E-state index < -0.39 is 0 Å². The molecule has 2 aromatic rings. The minimum atomic E-state index is -0.0323. The molecule has 4 atom stereocenters. The minimum Gasteiger partial charge on any atom is -0.0843 e. The van der Waals surface area contributed by atoms with Gasteiger partial charge in [0, 0.05) is 21.0 Å². The van der Waals surface area contributed by atoms with Gasteiger partial charge in [-0.05, 0) is 78.8 Å². The maximum atomic E-state index is 6.69. The highest BCUT2D eigenvalue weighted by Crippen LogP contribution is 2.62. The molecule has 0 saturated heterocycles. The summed E-state index contributed by atoms with van der Waals surface area (Å²) in [5.74, 6) is 2.17. The third kappa shape index (κ3) is 2.07. The van der Waals surface area contributed by atoms with Crippen molar-refractivity contribution in [2.45, 2.75) is 38.5 Å². The molecule has 3 aliphatic carbocycles. The van der Waals surface area contributed by atoms with Crippen LogP contribution in [0.15, 0.2) is 48.0 Å². The number of fused-ring (bicyclic) bond motifs is 8. The predicted octanol–water partition coefficient (Wildman–Crippen LogP) is 7.27. The monoisotopic (exact) mass is 368 g/mol. The Bertz CT molecular complexity index is 910. The average molecular weight is 369 g/mol. The molecule has 0 radical (unpaired) electrons. The van der Waals surface area contributed by atoms with E-state index in [0.29, 0.717) is 5.92 Å². The smallest absolute Gasteiger partial charge is 0.0487 e. The van der Waals surface area contributed by atoms with Crippen LogP contribution in [0.4, 0.5) is 0 Å². The second kappa shape index (κ2) is 5.38. The molecule has 0 aromatic heterocycles. The molecular weight excluding hydrogens is 347 g/mol. The zero-order chi connectivity index (χ0) is 17.3. The van der Waals surface area contributed by atoms with Gasteiger partial charge < -0.3 is 0 Å². The highest BCUT2D eigenvalue weighted by molar-refractivity contribution is 6.34. The van der Waals surface area contributed by atoms with Gasteiger partial charge in [0.1, 0.15) is 0 Å². The molecule has 1 fully saturated rings. The van der Waals surface area contributed by atoms with Crippen LogP contribution in [0.5, 0.6) is 0 Å². The van der Waals surface area contributed by atoms with Crippen LogP contribution in [0, 0.1) is 17.8 Å². The highest BCUT2D eigenvalue weighted by atomic mass is 35.5. The van der Waals surface area contributed by atoms with Crippen molar-refractivity contribution in [3.8, 4) is 11.1 Å².